The second-order valence-electron chi connectivity index (χ2n) is 7.04. The Morgan fingerprint density at radius 2 is 1.61 bits per heavy atom. The Balaban J connectivity index is 1.57. The van der Waals surface area contributed by atoms with E-state index in [4.69, 9.17) is 16.3 Å². The van der Waals surface area contributed by atoms with Crippen molar-refractivity contribution in [3.8, 4) is 0 Å². The van der Waals surface area contributed by atoms with Gasteiger partial charge in [-0.05, 0) is 61.9 Å². The molecule has 0 saturated heterocycles. The van der Waals surface area contributed by atoms with Gasteiger partial charge in [0.1, 0.15) is 4.88 Å². The Morgan fingerprint density at radius 3 is 2.27 bits per heavy atom. The number of nitrogens with one attached hydrogen (secondary N) is 3. The maximum Gasteiger partial charge on any atom is 0.338 e. The highest BCUT2D eigenvalue weighted by Gasteiger charge is 2.17. The van der Waals surface area contributed by atoms with E-state index in [1.807, 2.05) is 6.92 Å². The van der Waals surface area contributed by atoms with Crippen molar-refractivity contribution in [2.24, 2.45) is 0 Å². The number of aromatic nitrogens is 1. The van der Waals surface area contributed by atoms with Crippen molar-refractivity contribution in [3.05, 3.63) is 69.7 Å². The number of rotatable bonds is 8. The lowest BCUT2D eigenvalue weighted by Crippen LogP contribution is -2.19. The third-order valence-electron chi connectivity index (χ3n) is 4.43. The summed E-state index contributed by atoms with van der Waals surface area (Å²) < 4.78 is 5.17. The molecule has 0 aliphatic heterocycles. The van der Waals surface area contributed by atoms with Crippen molar-refractivity contribution in [1.29, 1.82) is 0 Å². The Hall–Kier alpha value is -3.43. The largest absolute Gasteiger partial charge is 0.462 e. The second-order valence-corrected chi connectivity index (χ2v) is 8.48. The molecule has 3 aromatic rings. The van der Waals surface area contributed by atoms with Gasteiger partial charge >= 0.3 is 12.0 Å². The van der Waals surface area contributed by atoms with Crippen LogP contribution in [0.15, 0.2) is 48.5 Å². The number of ether oxygens (including phenoxy) is 1. The van der Waals surface area contributed by atoms with Crippen molar-refractivity contribution in [1.82, 2.24) is 4.98 Å². The number of urea groups is 1. The number of nitrogens with zero attached hydrogens (tertiary/aromatic N) is 1. The van der Waals surface area contributed by atoms with Crippen LogP contribution in [0.5, 0.6) is 0 Å². The highest BCUT2D eigenvalue weighted by atomic mass is 35.5. The molecule has 8 nitrogen and oxygen atoms in total. The molecule has 0 aliphatic carbocycles. The average molecular weight is 487 g/mol. The SMILES string of the molecule is CCCCOC(=O)c1ccc(NC(=O)c2sc(NC(=O)Nc3ccc(Cl)cc3)nc2C)cc1. The average Bonchev–Trinajstić information content (AvgIpc) is 3.15. The van der Waals surface area contributed by atoms with E-state index in [-0.39, 0.29) is 11.0 Å². The van der Waals surface area contributed by atoms with E-state index in [1.165, 1.54) is 0 Å². The number of amides is 3. The molecule has 3 N–H and O–H groups in total. The molecule has 0 atom stereocenters. The van der Waals surface area contributed by atoms with Gasteiger partial charge in [-0.1, -0.05) is 36.3 Å². The number of halogens is 1. The first-order valence-electron chi connectivity index (χ1n) is 10.2. The van der Waals surface area contributed by atoms with Gasteiger partial charge in [0.2, 0.25) is 0 Å². The van der Waals surface area contributed by atoms with E-state index < -0.39 is 12.0 Å². The van der Waals surface area contributed by atoms with Crippen LogP contribution in [0, 0.1) is 6.92 Å². The fraction of sp³-hybridized carbons (Fsp3) is 0.217. The van der Waals surface area contributed by atoms with Gasteiger partial charge in [-0.3, -0.25) is 10.1 Å². The molecule has 2 aromatic carbocycles. The summed E-state index contributed by atoms with van der Waals surface area (Å²) >= 11 is 6.89. The number of carbonyl (C=O) groups excluding carboxylic acids is 3. The zero-order chi connectivity index (χ0) is 23.8. The predicted molar refractivity (Wildman–Crippen MR) is 131 cm³/mol. The van der Waals surface area contributed by atoms with E-state index in [1.54, 1.807) is 55.5 Å². The summed E-state index contributed by atoms with van der Waals surface area (Å²) in [6.07, 6.45) is 1.76. The number of aryl methyl sites for hydroxylation is 1. The van der Waals surface area contributed by atoms with Crippen LogP contribution in [0.25, 0.3) is 0 Å². The van der Waals surface area contributed by atoms with Gasteiger partial charge in [0.05, 0.1) is 17.9 Å². The van der Waals surface area contributed by atoms with Gasteiger partial charge in [0.15, 0.2) is 5.13 Å². The molecule has 0 aliphatic rings. The molecular weight excluding hydrogens is 464 g/mol. The molecule has 1 aromatic heterocycles. The van der Waals surface area contributed by atoms with Crippen LogP contribution in [-0.2, 0) is 4.74 Å². The molecule has 10 heteroatoms. The molecule has 0 fully saturated rings. The summed E-state index contributed by atoms with van der Waals surface area (Å²) in [5, 5.41) is 8.90. The number of hydrogen-bond donors (Lipinski definition) is 3. The monoisotopic (exact) mass is 486 g/mol. The lowest BCUT2D eigenvalue weighted by molar-refractivity contribution is 0.0499. The number of benzene rings is 2. The summed E-state index contributed by atoms with van der Waals surface area (Å²) in [7, 11) is 0. The molecule has 0 radical (unpaired) electrons. The van der Waals surface area contributed by atoms with E-state index in [0.717, 1.165) is 24.2 Å². The smallest absolute Gasteiger partial charge is 0.338 e. The van der Waals surface area contributed by atoms with Crippen LogP contribution in [0.3, 0.4) is 0 Å². The molecule has 3 rings (SSSR count). The van der Waals surface area contributed by atoms with Crippen molar-refractivity contribution >= 4 is 57.4 Å². The van der Waals surface area contributed by atoms with Gasteiger partial charge in [-0.2, -0.15) is 0 Å². The van der Waals surface area contributed by atoms with Crippen molar-refractivity contribution in [2.45, 2.75) is 26.7 Å². The fourth-order valence-electron chi connectivity index (χ4n) is 2.72. The summed E-state index contributed by atoms with van der Waals surface area (Å²) in [5.41, 5.74) is 1.99. The van der Waals surface area contributed by atoms with E-state index >= 15 is 0 Å². The predicted octanol–water partition coefficient (Wildman–Crippen LogP) is 5.96. The van der Waals surface area contributed by atoms with Crippen molar-refractivity contribution < 1.29 is 19.1 Å². The maximum atomic E-state index is 12.7. The molecule has 33 heavy (non-hydrogen) atoms. The van der Waals surface area contributed by atoms with Gasteiger partial charge in [-0.15, -0.1) is 0 Å². The first-order valence-corrected chi connectivity index (χ1v) is 11.4. The minimum Gasteiger partial charge on any atom is -0.462 e. The minimum atomic E-state index is -0.487. The number of esters is 1. The number of thiazole rings is 1. The molecule has 0 spiro atoms. The Labute approximate surface area is 200 Å². The topological polar surface area (TPSA) is 109 Å². The molecular formula is C23H23ClN4O4S. The lowest BCUT2D eigenvalue weighted by atomic mass is 10.2. The normalized spacial score (nSPS) is 10.4. The maximum absolute atomic E-state index is 12.7. The quantitative estimate of drug-likeness (QED) is 0.269. The molecule has 0 unspecified atom stereocenters. The summed E-state index contributed by atoms with van der Waals surface area (Å²) in [5.74, 6) is -0.762. The molecule has 3 amide bonds. The minimum absolute atomic E-state index is 0.286. The number of anilines is 3. The van der Waals surface area contributed by atoms with E-state index in [2.05, 4.69) is 20.9 Å². The Bertz CT molecular complexity index is 1130. The van der Waals surface area contributed by atoms with Gasteiger partial charge in [0.25, 0.3) is 5.91 Å². The number of carbonyl (C=O) groups is 3. The van der Waals surface area contributed by atoms with Gasteiger partial charge in [-0.25, -0.2) is 14.6 Å². The van der Waals surface area contributed by atoms with Gasteiger partial charge < -0.3 is 15.4 Å². The zero-order valence-electron chi connectivity index (χ0n) is 18.1. The summed E-state index contributed by atoms with van der Waals surface area (Å²) in [6.45, 7) is 4.08. The first-order chi connectivity index (χ1) is 15.9. The van der Waals surface area contributed by atoms with E-state index in [0.29, 0.717) is 39.1 Å². The standard InChI is InChI=1S/C23H23ClN4O4S/c1-3-4-13-32-21(30)15-5-9-17(10-6-15)26-20(29)19-14(2)25-23(33-19)28-22(31)27-18-11-7-16(24)8-12-18/h5-12H,3-4,13H2,1-2H3,(H,26,29)(H2,25,27,28,31). The Morgan fingerprint density at radius 1 is 0.970 bits per heavy atom. The van der Waals surface area contributed by atoms with Crippen LogP contribution in [0.4, 0.5) is 21.3 Å². The fourth-order valence-corrected chi connectivity index (χ4v) is 3.71. The van der Waals surface area contributed by atoms with Crippen LogP contribution in [0.1, 0.15) is 45.5 Å². The third kappa shape index (κ3) is 7.03. The number of unbranched alkanes of at least 4 members (excludes halogenated alkanes) is 1. The van der Waals surface area contributed by atoms with Gasteiger partial charge in [0, 0.05) is 16.4 Å². The molecule has 0 bridgehead atoms. The van der Waals surface area contributed by atoms with Crippen LogP contribution in [0.2, 0.25) is 5.02 Å². The molecule has 0 saturated carbocycles. The first kappa shape index (κ1) is 24.2. The third-order valence-corrected chi connectivity index (χ3v) is 5.76. The molecule has 1 heterocycles. The van der Waals surface area contributed by atoms with Crippen LogP contribution in [-0.4, -0.2) is 29.5 Å². The lowest BCUT2D eigenvalue weighted by Gasteiger charge is -2.06. The molecule has 172 valence electrons. The van der Waals surface area contributed by atoms with Crippen molar-refractivity contribution in [2.75, 3.05) is 22.6 Å². The zero-order valence-corrected chi connectivity index (χ0v) is 19.7. The highest BCUT2D eigenvalue weighted by molar-refractivity contribution is 7.17. The summed E-state index contributed by atoms with van der Waals surface area (Å²) in [4.78, 5) is 41.5. The van der Waals surface area contributed by atoms with E-state index in [9.17, 15) is 14.4 Å². The highest BCUT2D eigenvalue weighted by Crippen LogP contribution is 2.24. The van der Waals surface area contributed by atoms with Crippen molar-refractivity contribution in [3.63, 3.8) is 0 Å². The van der Waals surface area contributed by atoms with Crippen LogP contribution >= 0.6 is 22.9 Å². The van der Waals surface area contributed by atoms with Crippen LogP contribution < -0.4 is 16.0 Å². The Kier molecular flexibility index (Phi) is 8.39. The second kappa shape index (κ2) is 11.4. The summed E-state index contributed by atoms with van der Waals surface area (Å²) in [6, 6.07) is 12.6. The number of hydrogen-bond acceptors (Lipinski definition) is 6.